The standard InChI is InChI=1S/C21H19ClF2N4O3S.C16H11ClF2N2O3S/c1-28-6-4-11(5-7-28)19(29)27-20(30)17-13(23)2-3-15(18(17)24)31-10-16-26-14-8-12(22)9-25-21(14)32-16;17-8-1-4-12-10(5-8)21-13(25-12)6-24-11-3-2-9(18)14(15(11)19)16(23)20-7-22/h2-3,8-9,11H,4-7,10H2,1H3,(H,27,29,30);1-5,22H,6-7H2,(H,20,23). The van der Waals surface area contributed by atoms with E-state index < -0.39 is 58.8 Å². The lowest BCUT2D eigenvalue weighted by atomic mass is 9.96. The number of fused-ring (bicyclic) bond motifs is 2. The van der Waals surface area contributed by atoms with Gasteiger partial charge in [0.05, 0.1) is 15.2 Å². The van der Waals surface area contributed by atoms with Crippen LogP contribution in [0, 0.1) is 29.2 Å². The number of carbonyl (C=O) groups is 3. The van der Waals surface area contributed by atoms with Gasteiger partial charge in [0, 0.05) is 17.1 Å². The molecule has 0 saturated carbocycles. The second-order valence-corrected chi connectivity index (χ2v) is 15.5. The van der Waals surface area contributed by atoms with Crippen molar-refractivity contribution in [2.24, 2.45) is 5.92 Å². The quantitative estimate of drug-likeness (QED) is 0.0727. The molecule has 0 aliphatic carbocycles. The lowest BCUT2D eigenvalue weighted by Gasteiger charge is -2.27. The summed E-state index contributed by atoms with van der Waals surface area (Å²) in [6, 6.07) is 10.9. The van der Waals surface area contributed by atoms with Crippen LogP contribution in [0.4, 0.5) is 17.6 Å². The second kappa shape index (κ2) is 18.5. The average molecular weight is 866 g/mol. The molecule has 0 bridgehead atoms. The first-order chi connectivity index (χ1) is 27.3. The van der Waals surface area contributed by atoms with Gasteiger partial charge in [0.25, 0.3) is 11.8 Å². The van der Waals surface area contributed by atoms with Crippen LogP contribution in [0.25, 0.3) is 20.6 Å². The van der Waals surface area contributed by atoms with Crippen LogP contribution in [0.15, 0.2) is 54.7 Å². The van der Waals surface area contributed by atoms with Gasteiger partial charge in [0.1, 0.15) is 63.1 Å². The van der Waals surface area contributed by atoms with Crippen molar-refractivity contribution in [3.05, 3.63) is 109 Å². The number of benzene rings is 3. The number of thiazole rings is 2. The normalized spacial score (nSPS) is 13.3. The van der Waals surface area contributed by atoms with E-state index in [0.717, 1.165) is 29.0 Å². The van der Waals surface area contributed by atoms with Crippen molar-refractivity contribution < 1.29 is 46.5 Å². The summed E-state index contributed by atoms with van der Waals surface area (Å²) in [5, 5.41) is 14.8. The van der Waals surface area contributed by atoms with Gasteiger partial charge in [0.15, 0.2) is 23.1 Å². The van der Waals surface area contributed by atoms with Crippen LogP contribution < -0.4 is 20.1 Å². The summed E-state index contributed by atoms with van der Waals surface area (Å²) in [6.45, 7) is 0.520. The summed E-state index contributed by atoms with van der Waals surface area (Å²) < 4.78 is 68.8. The van der Waals surface area contributed by atoms with Gasteiger partial charge in [0.2, 0.25) is 5.91 Å². The Hall–Kier alpha value is -4.98. The predicted octanol–water partition coefficient (Wildman–Crippen LogP) is 7.29. The lowest BCUT2D eigenvalue weighted by molar-refractivity contribution is -0.125. The molecule has 3 amide bonds. The zero-order chi connectivity index (χ0) is 40.8. The highest BCUT2D eigenvalue weighted by molar-refractivity contribution is 7.18. The highest BCUT2D eigenvalue weighted by atomic mass is 35.5. The third-order valence-corrected chi connectivity index (χ3v) is 10.9. The predicted molar refractivity (Wildman–Crippen MR) is 206 cm³/mol. The van der Waals surface area contributed by atoms with Crippen LogP contribution in [0.1, 0.15) is 43.6 Å². The molecule has 3 N–H and O–H groups in total. The number of hydrogen-bond acceptors (Lipinski definition) is 12. The molecule has 0 atom stereocenters. The van der Waals surface area contributed by atoms with Crippen LogP contribution in [0.2, 0.25) is 10.0 Å². The maximum absolute atomic E-state index is 14.9. The Morgan fingerprint density at radius 1 is 0.825 bits per heavy atom. The first-order valence-electron chi connectivity index (χ1n) is 16.9. The van der Waals surface area contributed by atoms with Crippen molar-refractivity contribution in [3.8, 4) is 11.5 Å². The molecule has 3 aromatic carbocycles. The number of nitrogens with one attached hydrogen (secondary N) is 2. The first kappa shape index (κ1) is 41.6. The summed E-state index contributed by atoms with van der Waals surface area (Å²) in [5.74, 6) is -8.18. The van der Waals surface area contributed by atoms with E-state index in [4.69, 9.17) is 37.8 Å². The smallest absolute Gasteiger partial charge is 0.263 e. The van der Waals surface area contributed by atoms with Crippen molar-refractivity contribution in [1.29, 1.82) is 0 Å². The van der Waals surface area contributed by atoms with E-state index in [9.17, 15) is 31.9 Å². The van der Waals surface area contributed by atoms with E-state index in [1.165, 1.54) is 28.9 Å². The molecule has 0 spiro atoms. The molecule has 0 unspecified atom stereocenters. The zero-order valence-electron chi connectivity index (χ0n) is 29.6. The summed E-state index contributed by atoms with van der Waals surface area (Å²) in [5.41, 5.74) is -0.406. The molecule has 1 fully saturated rings. The number of likely N-dealkylation sites (tertiary alicyclic amines) is 1. The number of aliphatic hydroxyl groups excluding tert-OH is 1. The van der Waals surface area contributed by atoms with Gasteiger partial charge in [-0.3, -0.25) is 19.7 Å². The number of hydrogen-bond donors (Lipinski definition) is 3. The topological polar surface area (TPSA) is 156 Å². The van der Waals surface area contributed by atoms with Crippen molar-refractivity contribution in [3.63, 3.8) is 0 Å². The van der Waals surface area contributed by atoms with Gasteiger partial charge >= 0.3 is 0 Å². The molecule has 0 radical (unpaired) electrons. The zero-order valence-corrected chi connectivity index (χ0v) is 32.7. The fourth-order valence-electron chi connectivity index (χ4n) is 5.61. The summed E-state index contributed by atoms with van der Waals surface area (Å²) in [4.78, 5) is 52.0. The van der Waals surface area contributed by atoms with Gasteiger partial charge in [-0.2, -0.15) is 0 Å². The number of piperidine rings is 1. The van der Waals surface area contributed by atoms with Crippen LogP contribution in [0.5, 0.6) is 11.5 Å². The Morgan fingerprint density at radius 3 is 2.04 bits per heavy atom. The molecule has 7 rings (SSSR count). The van der Waals surface area contributed by atoms with E-state index >= 15 is 0 Å². The number of imide groups is 1. The highest BCUT2D eigenvalue weighted by Gasteiger charge is 2.28. The van der Waals surface area contributed by atoms with Gasteiger partial charge < -0.3 is 24.8 Å². The highest BCUT2D eigenvalue weighted by Crippen LogP contribution is 2.30. The molecule has 1 aliphatic heterocycles. The lowest BCUT2D eigenvalue weighted by Crippen LogP contribution is -2.41. The molecular weight excluding hydrogens is 835 g/mol. The van der Waals surface area contributed by atoms with Crippen molar-refractivity contribution in [2.75, 3.05) is 26.9 Å². The molecule has 298 valence electrons. The Kier molecular flexibility index (Phi) is 13.5. The molecule has 6 aromatic rings. The van der Waals surface area contributed by atoms with Crippen LogP contribution in [-0.2, 0) is 18.0 Å². The monoisotopic (exact) mass is 864 g/mol. The minimum atomic E-state index is -1.18. The molecular formula is C37H30Cl2F4N6O6S2. The summed E-state index contributed by atoms with van der Waals surface area (Å²) in [7, 11) is 1.94. The van der Waals surface area contributed by atoms with Gasteiger partial charge in [-0.15, -0.1) is 11.3 Å². The summed E-state index contributed by atoms with van der Waals surface area (Å²) in [6.07, 6.45) is 2.64. The van der Waals surface area contributed by atoms with E-state index in [1.807, 2.05) is 18.4 Å². The number of halogens is 6. The number of ether oxygens (including phenoxy) is 2. The fraction of sp³-hybridized carbons (Fsp3) is 0.243. The number of aromatic nitrogens is 3. The number of carbonyl (C=O) groups excluding carboxylic acids is 3. The van der Waals surface area contributed by atoms with Crippen LogP contribution in [0.3, 0.4) is 0 Å². The van der Waals surface area contributed by atoms with Crippen molar-refractivity contribution in [2.45, 2.75) is 26.1 Å². The number of rotatable bonds is 10. The number of nitrogens with zero attached hydrogens (tertiary/aromatic N) is 4. The fourth-order valence-corrected chi connectivity index (χ4v) is 7.59. The molecule has 3 aromatic heterocycles. The third kappa shape index (κ3) is 10.1. The maximum atomic E-state index is 14.9. The minimum Gasteiger partial charge on any atom is -0.483 e. The second-order valence-electron chi connectivity index (χ2n) is 12.4. The molecule has 12 nitrogen and oxygen atoms in total. The number of aliphatic hydroxyl groups is 1. The Balaban J connectivity index is 0.000000199. The first-order valence-corrected chi connectivity index (χ1v) is 19.3. The van der Waals surface area contributed by atoms with E-state index in [0.29, 0.717) is 61.9 Å². The van der Waals surface area contributed by atoms with Gasteiger partial charge in [-0.05, 0) is 81.5 Å². The maximum Gasteiger partial charge on any atom is 0.263 e. The molecule has 57 heavy (non-hydrogen) atoms. The average Bonchev–Trinajstić information content (AvgIpc) is 3.77. The number of amides is 3. The van der Waals surface area contributed by atoms with E-state index in [2.05, 4.69) is 25.2 Å². The molecule has 4 heterocycles. The number of pyridine rings is 1. The molecule has 1 aliphatic rings. The van der Waals surface area contributed by atoms with Crippen molar-refractivity contribution in [1.82, 2.24) is 30.5 Å². The molecule has 20 heteroatoms. The molecule has 1 saturated heterocycles. The van der Waals surface area contributed by atoms with E-state index in [1.54, 1.807) is 18.2 Å². The van der Waals surface area contributed by atoms with E-state index in [-0.39, 0.29) is 30.6 Å². The van der Waals surface area contributed by atoms with Crippen LogP contribution >= 0.6 is 45.9 Å². The van der Waals surface area contributed by atoms with Gasteiger partial charge in [-0.1, -0.05) is 34.5 Å². The Bertz CT molecular complexity index is 2470. The largest absolute Gasteiger partial charge is 0.483 e. The van der Waals surface area contributed by atoms with Crippen molar-refractivity contribution >= 4 is 84.2 Å². The van der Waals surface area contributed by atoms with Gasteiger partial charge in [-0.25, -0.2) is 32.5 Å². The summed E-state index contributed by atoms with van der Waals surface area (Å²) >= 11 is 14.4. The minimum absolute atomic E-state index is 0.0550. The SMILES string of the molecule is CN1CCC(C(=O)NC(=O)c2c(F)ccc(OCc3nc4cc(Cl)cnc4s3)c2F)CC1.O=C(NCO)c1c(F)ccc(OCc2nc3cc(Cl)ccc3s2)c1F. The third-order valence-electron chi connectivity index (χ3n) is 8.49. The Labute approximate surface area is 339 Å². The Morgan fingerprint density at radius 2 is 1.40 bits per heavy atom. The van der Waals surface area contributed by atoms with Crippen LogP contribution in [-0.4, -0.2) is 69.5 Å².